The first-order chi connectivity index (χ1) is 10.6. The van der Waals surface area contributed by atoms with Crippen molar-refractivity contribution in [2.45, 2.75) is 0 Å². The molecule has 0 saturated heterocycles. The molecule has 1 aliphatic heterocycles. The van der Waals surface area contributed by atoms with E-state index in [0.717, 1.165) is 0 Å². The predicted molar refractivity (Wildman–Crippen MR) is 81.1 cm³/mol. The number of hydrogen-bond donors (Lipinski definition) is 1. The molecule has 4 amide bonds. The highest BCUT2D eigenvalue weighted by atomic mass is 16.2. The molecule has 0 unspecified atom stereocenters. The van der Waals surface area contributed by atoms with Gasteiger partial charge in [-0.1, -0.05) is 60.7 Å². The summed E-state index contributed by atoms with van der Waals surface area (Å²) >= 11 is 0. The summed E-state index contributed by atoms with van der Waals surface area (Å²) in [5.74, 6) is -1.38. The van der Waals surface area contributed by atoms with Crippen molar-refractivity contribution in [3.63, 3.8) is 0 Å². The molecule has 0 bridgehead atoms. The van der Waals surface area contributed by atoms with Gasteiger partial charge >= 0.3 is 6.03 Å². The zero-order valence-corrected chi connectivity index (χ0v) is 11.5. The van der Waals surface area contributed by atoms with E-state index in [0.29, 0.717) is 16.0 Å². The Labute approximate surface area is 126 Å². The minimum absolute atomic E-state index is 0.190. The van der Waals surface area contributed by atoms with Crippen molar-refractivity contribution >= 4 is 29.0 Å². The Morgan fingerprint density at radius 2 is 1.09 bits per heavy atom. The van der Waals surface area contributed by atoms with E-state index in [9.17, 15) is 14.4 Å². The zero-order chi connectivity index (χ0) is 15.7. The number of imide groups is 3. The normalized spacial score (nSPS) is 14.6. The number of nitrogens with two attached hydrogens (primary N) is 1. The average Bonchev–Trinajstić information content (AvgIpc) is 2.80. The standard InChI is InChI=1S/C17H12N2O3/c18-17(22)19-15(20)13(11-7-3-1-4-8-11)14(16(19)21)12-9-5-2-6-10-12/h1-10H,(H2,18,22). The molecule has 0 atom stereocenters. The summed E-state index contributed by atoms with van der Waals surface area (Å²) < 4.78 is 0. The Morgan fingerprint density at radius 3 is 1.41 bits per heavy atom. The lowest BCUT2D eigenvalue weighted by molar-refractivity contribution is -0.132. The summed E-state index contributed by atoms with van der Waals surface area (Å²) in [7, 11) is 0. The molecule has 5 nitrogen and oxygen atoms in total. The van der Waals surface area contributed by atoms with Crippen LogP contribution in [0.2, 0.25) is 0 Å². The van der Waals surface area contributed by atoms with Gasteiger partial charge in [-0.15, -0.1) is 0 Å². The van der Waals surface area contributed by atoms with E-state index < -0.39 is 17.8 Å². The third-order valence-corrected chi connectivity index (χ3v) is 3.43. The van der Waals surface area contributed by atoms with E-state index >= 15 is 0 Å². The van der Waals surface area contributed by atoms with Crippen LogP contribution in [0.1, 0.15) is 11.1 Å². The maximum Gasteiger partial charge on any atom is 0.328 e. The second-order valence-corrected chi connectivity index (χ2v) is 4.77. The fourth-order valence-corrected chi connectivity index (χ4v) is 2.48. The van der Waals surface area contributed by atoms with E-state index in [1.807, 2.05) is 0 Å². The molecule has 0 fully saturated rings. The number of carbonyl (C=O) groups excluding carboxylic acids is 3. The molecule has 3 rings (SSSR count). The minimum atomic E-state index is -1.07. The van der Waals surface area contributed by atoms with Crippen molar-refractivity contribution in [1.29, 1.82) is 0 Å². The molecule has 108 valence electrons. The van der Waals surface area contributed by atoms with Crippen LogP contribution in [0, 0.1) is 0 Å². The SMILES string of the molecule is NC(=O)N1C(=O)C(c2ccccc2)=C(c2ccccc2)C1=O. The van der Waals surface area contributed by atoms with Crippen LogP contribution in [-0.2, 0) is 9.59 Å². The van der Waals surface area contributed by atoms with E-state index in [2.05, 4.69) is 0 Å². The number of benzene rings is 2. The summed E-state index contributed by atoms with van der Waals surface area (Å²) in [5, 5.41) is 0. The first-order valence-electron chi connectivity index (χ1n) is 6.64. The Kier molecular flexibility index (Phi) is 3.31. The van der Waals surface area contributed by atoms with Crippen LogP contribution < -0.4 is 5.73 Å². The molecule has 0 aromatic heterocycles. The summed E-state index contributed by atoms with van der Waals surface area (Å²) in [6.07, 6.45) is 0. The van der Waals surface area contributed by atoms with Gasteiger partial charge in [0.1, 0.15) is 0 Å². The predicted octanol–water partition coefficient (Wildman–Crippen LogP) is 2.04. The van der Waals surface area contributed by atoms with Gasteiger partial charge in [0.05, 0.1) is 11.1 Å². The van der Waals surface area contributed by atoms with Gasteiger partial charge in [0.15, 0.2) is 0 Å². The van der Waals surface area contributed by atoms with Crippen LogP contribution in [-0.4, -0.2) is 22.7 Å². The lowest BCUT2D eigenvalue weighted by atomic mass is 9.96. The van der Waals surface area contributed by atoms with Crippen molar-refractivity contribution in [3.05, 3.63) is 71.8 Å². The average molecular weight is 292 g/mol. The first-order valence-corrected chi connectivity index (χ1v) is 6.64. The Hall–Kier alpha value is -3.21. The third kappa shape index (κ3) is 2.09. The van der Waals surface area contributed by atoms with Gasteiger partial charge in [0.25, 0.3) is 11.8 Å². The Balaban J connectivity index is 2.26. The van der Waals surface area contributed by atoms with Gasteiger partial charge in [-0.05, 0) is 11.1 Å². The van der Waals surface area contributed by atoms with Gasteiger partial charge in [-0.3, -0.25) is 9.59 Å². The second-order valence-electron chi connectivity index (χ2n) is 4.77. The van der Waals surface area contributed by atoms with Crippen LogP contribution in [0.4, 0.5) is 4.79 Å². The quantitative estimate of drug-likeness (QED) is 0.860. The lowest BCUT2D eigenvalue weighted by Gasteiger charge is -2.09. The summed E-state index contributed by atoms with van der Waals surface area (Å²) in [6.45, 7) is 0. The minimum Gasteiger partial charge on any atom is -0.351 e. The molecule has 0 aliphatic carbocycles. The zero-order valence-electron chi connectivity index (χ0n) is 11.5. The highest BCUT2D eigenvalue weighted by Crippen LogP contribution is 2.35. The van der Waals surface area contributed by atoms with Crippen molar-refractivity contribution in [1.82, 2.24) is 4.90 Å². The first kappa shape index (κ1) is 13.8. The van der Waals surface area contributed by atoms with E-state index in [4.69, 9.17) is 5.73 Å². The smallest absolute Gasteiger partial charge is 0.328 e. The van der Waals surface area contributed by atoms with Crippen molar-refractivity contribution in [3.8, 4) is 0 Å². The number of carbonyl (C=O) groups is 3. The number of urea groups is 1. The van der Waals surface area contributed by atoms with E-state index in [-0.39, 0.29) is 11.1 Å². The molecule has 1 heterocycles. The van der Waals surface area contributed by atoms with Crippen LogP contribution in [0.3, 0.4) is 0 Å². The highest BCUT2D eigenvalue weighted by Gasteiger charge is 2.42. The molecular weight excluding hydrogens is 280 g/mol. The van der Waals surface area contributed by atoms with Gasteiger partial charge in [0, 0.05) is 0 Å². The number of rotatable bonds is 2. The molecule has 1 aliphatic rings. The molecule has 2 aromatic rings. The molecule has 0 saturated carbocycles. The third-order valence-electron chi connectivity index (χ3n) is 3.43. The molecule has 0 spiro atoms. The van der Waals surface area contributed by atoms with E-state index in [1.165, 1.54) is 0 Å². The summed E-state index contributed by atoms with van der Waals surface area (Å²) in [5.41, 5.74) is 6.70. The van der Waals surface area contributed by atoms with Crippen molar-refractivity contribution in [2.75, 3.05) is 0 Å². The molecule has 2 aromatic carbocycles. The number of nitrogens with zero attached hydrogens (tertiary/aromatic N) is 1. The van der Waals surface area contributed by atoms with Crippen LogP contribution in [0.25, 0.3) is 11.1 Å². The van der Waals surface area contributed by atoms with Gasteiger partial charge in [-0.2, -0.15) is 4.90 Å². The molecule has 5 heteroatoms. The second kappa shape index (κ2) is 5.29. The summed E-state index contributed by atoms with van der Waals surface area (Å²) in [6, 6.07) is 16.4. The van der Waals surface area contributed by atoms with Crippen LogP contribution >= 0.6 is 0 Å². The highest BCUT2D eigenvalue weighted by molar-refractivity contribution is 6.52. The molecular formula is C17H12N2O3. The van der Waals surface area contributed by atoms with Gasteiger partial charge in [0.2, 0.25) is 0 Å². The topological polar surface area (TPSA) is 80.5 Å². The number of amides is 4. The van der Waals surface area contributed by atoms with Crippen molar-refractivity contribution in [2.24, 2.45) is 5.73 Å². The molecule has 2 N–H and O–H groups in total. The fraction of sp³-hybridized carbons (Fsp3) is 0. The van der Waals surface area contributed by atoms with Gasteiger partial charge < -0.3 is 5.73 Å². The van der Waals surface area contributed by atoms with Crippen LogP contribution in [0.15, 0.2) is 60.7 Å². The van der Waals surface area contributed by atoms with Crippen molar-refractivity contribution < 1.29 is 14.4 Å². The fourth-order valence-electron chi connectivity index (χ4n) is 2.48. The number of primary amides is 1. The number of hydrogen-bond acceptors (Lipinski definition) is 3. The maximum atomic E-state index is 12.5. The maximum absolute atomic E-state index is 12.5. The molecule has 22 heavy (non-hydrogen) atoms. The van der Waals surface area contributed by atoms with Crippen LogP contribution in [0.5, 0.6) is 0 Å². The molecule has 0 radical (unpaired) electrons. The Morgan fingerprint density at radius 1 is 0.727 bits per heavy atom. The largest absolute Gasteiger partial charge is 0.351 e. The van der Waals surface area contributed by atoms with Gasteiger partial charge in [-0.25, -0.2) is 4.79 Å². The summed E-state index contributed by atoms with van der Waals surface area (Å²) in [4.78, 5) is 36.9. The lowest BCUT2D eigenvalue weighted by Crippen LogP contribution is -2.41. The van der Waals surface area contributed by atoms with E-state index in [1.54, 1.807) is 60.7 Å². The Bertz CT molecular complexity index is 734. The monoisotopic (exact) mass is 292 g/mol.